The van der Waals surface area contributed by atoms with Gasteiger partial charge in [-0.1, -0.05) is 12.1 Å². The van der Waals surface area contributed by atoms with Crippen LogP contribution in [0.2, 0.25) is 0 Å². The number of amides is 1. The van der Waals surface area contributed by atoms with Gasteiger partial charge in [-0.25, -0.2) is 8.78 Å². The van der Waals surface area contributed by atoms with Crippen molar-refractivity contribution in [2.75, 3.05) is 6.54 Å². The van der Waals surface area contributed by atoms with Crippen LogP contribution < -0.4 is 10.1 Å². The SMILES string of the molecule is Cc1ccn(CC(=O)NC[C@H]2Cc3cc(-c4ccc(C)c(F)c4)cc(F)c3O2)n1. The number of hydrogen-bond acceptors (Lipinski definition) is 3. The summed E-state index contributed by atoms with van der Waals surface area (Å²) in [5.41, 5.74) is 3.30. The zero-order valence-electron chi connectivity index (χ0n) is 16.2. The van der Waals surface area contributed by atoms with Gasteiger partial charge in [-0.3, -0.25) is 9.48 Å². The number of halogens is 2. The van der Waals surface area contributed by atoms with Crippen LogP contribution in [-0.2, 0) is 17.8 Å². The molecule has 5 nitrogen and oxygen atoms in total. The third-order valence-corrected chi connectivity index (χ3v) is 4.96. The number of aryl methyl sites for hydroxylation is 2. The number of ether oxygens (including phenoxy) is 1. The Morgan fingerprint density at radius 1 is 1.17 bits per heavy atom. The second kappa shape index (κ2) is 7.66. The van der Waals surface area contributed by atoms with Gasteiger partial charge < -0.3 is 10.1 Å². The van der Waals surface area contributed by atoms with Crippen LogP contribution in [0.1, 0.15) is 16.8 Å². The summed E-state index contributed by atoms with van der Waals surface area (Å²) in [6, 6.07) is 9.84. The lowest BCUT2D eigenvalue weighted by atomic mass is 9.99. The Hall–Kier alpha value is -3.22. The van der Waals surface area contributed by atoms with Crippen molar-refractivity contribution in [3.63, 3.8) is 0 Å². The summed E-state index contributed by atoms with van der Waals surface area (Å²) < 4.78 is 35.7. The molecule has 0 unspecified atom stereocenters. The van der Waals surface area contributed by atoms with E-state index in [1.165, 1.54) is 12.1 Å². The van der Waals surface area contributed by atoms with Gasteiger partial charge in [-0.15, -0.1) is 0 Å². The monoisotopic (exact) mass is 397 g/mol. The predicted octanol–water partition coefficient (Wildman–Crippen LogP) is 3.57. The zero-order chi connectivity index (χ0) is 20.5. The molecule has 2 heterocycles. The Bertz CT molecular complexity index is 1080. The van der Waals surface area contributed by atoms with Crippen LogP contribution in [0.3, 0.4) is 0 Å². The van der Waals surface area contributed by atoms with E-state index in [-0.39, 0.29) is 36.7 Å². The second-order valence-corrected chi connectivity index (χ2v) is 7.31. The molecule has 1 aliphatic rings. The maximum atomic E-state index is 14.6. The summed E-state index contributed by atoms with van der Waals surface area (Å²) in [5, 5.41) is 6.97. The quantitative estimate of drug-likeness (QED) is 0.716. The average molecular weight is 397 g/mol. The fraction of sp³-hybridized carbons (Fsp3) is 0.273. The standard InChI is InChI=1S/C22H21F2N3O2/c1-13-3-4-15(9-19(13)23)16-7-17-8-18(29-22(17)20(24)10-16)11-25-21(28)12-27-6-5-14(2)26-27/h3-7,9-10,18H,8,11-12H2,1-2H3,(H,25,28)/t18-/m1/s1. The van der Waals surface area contributed by atoms with Gasteiger partial charge >= 0.3 is 0 Å². The van der Waals surface area contributed by atoms with Crippen LogP contribution >= 0.6 is 0 Å². The number of hydrogen-bond donors (Lipinski definition) is 1. The van der Waals surface area contributed by atoms with Gasteiger partial charge in [0, 0.05) is 18.2 Å². The molecule has 150 valence electrons. The number of carbonyl (C=O) groups excluding carboxylic acids is 1. The maximum Gasteiger partial charge on any atom is 0.241 e. The highest BCUT2D eigenvalue weighted by atomic mass is 19.1. The van der Waals surface area contributed by atoms with Gasteiger partial charge in [0.1, 0.15) is 18.5 Å². The summed E-state index contributed by atoms with van der Waals surface area (Å²) in [5.74, 6) is -0.806. The van der Waals surface area contributed by atoms with E-state index < -0.39 is 5.82 Å². The molecule has 0 saturated heterocycles. The number of benzene rings is 2. The van der Waals surface area contributed by atoms with Crippen LogP contribution in [0, 0.1) is 25.5 Å². The number of fused-ring (bicyclic) bond motifs is 1. The number of nitrogens with zero attached hydrogens (tertiary/aromatic N) is 2. The molecule has 0 spiro atoms. The first kappa shape index (κ1) is 19.1. The van der Waals surface area contributed by atoms with Gasteiger partial charge in [0.05, 0.1) is 12.2 Å². The molecular formula is C22H21F2N3O2. The molecule has 0 bridgehead atoms. The van der Waals surface area contributed by atoms with E-state index in [2.05, 4.69) is 10.4 Å². The number of carbonyl (C=O) groups is 1. The van der Waals surface area contributed by atoms with Gasteiger partial charge in [0.15, 0.2) is 11.6 Å². The van der Waals surface area contributed by atoms with Crippen molar-refractivity contribution in [3.8, 4) is 16.9 Å². The Labute approximate surface area is 167 Å². The first-order valence-electron chi connectivity index (χ1n) is 9.41. The Balaban J connectivity index is 1.41. The normalized spacial score (nSPS) is 15.1. The fourth-order valence-corrected chi connectivity index (χ4v) is 3.42. The minimum atomic E-state index is -0.487. The van der Waals surface area contributed by atoms with Crippen molar-refractivity contribution in [1.29, 1.82) is 0 Å². The Morgan fingerprint density at radius 3 is 2.69 bits per heavy atom. The third-order valence-electron chi connectivity index (χ3n) is 4.96. The number of nitrogens with one attached hydrogen (secondary N) is 1. The Kier molecular flexibility index (Phi) is 5.05. The molecule has 0 saturated carbocycles. The second-order valence-electron chi connectivity index (χ2n) is 7.31. The lowest BCUT2D eigenvalue weighted by molar-refractivity contribution is -0.122. The third kappa shape index (κ3) is 4.13. The van der Waals surface area contributed by atoms with Crippen LogP contribution in [-0.4, -0.2) is 28.3 Å². The van der Waals surface area contributed by atoms with Gasteiger partial charge in [0.2, 0.25) is 5.91 Å². The first-order valence-corrected chi connectivity index (χ1v) is 9.41. The predicted molar refractivity (Wildman–Crippen MR) is 105 cm³/mol. The van der Waals surface area contributed by atoms with Crippen LogP contribution in [0.25, 0.3) is 11.1 Å². The van der Waals surface area contributed by atoms with Crippen LogP contribution in [0.15, 0.2) is 42.6 Å². The van der Waals surface area contributed by atoms with Gasteiger partial charge in [0.25, 0.3) is 0 Å². The molecular weight excluding hydrogens is 376 g/mol. The maximum absolute atomic E-state index is 14.6. The largest absolute Gasteiger partial charge is 0.485 e. The molecule has 1 atom stereocenters. The fourth-order valence-electron chi connectivity index (χ4n) is 3.42. The van der Waals surface area contributed by atoms with Crippen molar-refractivity contribution < 1.29 is 18.3 Å². The molecule has 4 rings (SSSR count). The van der Waals surface area contributed by atoms with E-state index in [0.717, 1.165) is 5.69 Å². The van der Waals surface area contributed by atoms with Crippen molar-refractivity contribution >= 4 is 5.91 Å². The molecule has 7 heteroatoms. The minimum Gasteiger partial charge on any atom is -0.485 e. The highest BCUT2D eigenvalue weighted by Gasteiger charge is 2.27. The molecule has 0 aliphatic carbocycles. The lowest BCUT2D eigenvalue weighted by Gasteiger charge is -2.12. The van der Waals surface area contributed by atoms with Crippen molar-refractivity contribution in [2.24, 2.45) is 0 Å². The molecule has 1 aliphatic heterocycles. The molecule has 29 heavy (non-hydrogen) atoms. The van der Waals surface area contributed by atoms with E-state index in [1.54, 1.807) is 29.9 Å². The number of aromatic nitrogens is 2. The van der Waals surface area contributed by atoms with Crippen LogP contribution in [0.5, 0.6) is 5.75 Å². The summed E-state index contributed by atoms with van der Waals surface area (Å²) >= 11 is 0. The van der Waals surface area contributed by atoms with E-state index >= 15 is 0 Å². The summed E-state index contributed by atoms with van der Waals surface area (Å²) in [6.45, 7) is 3.92. The van der Waals surface area contributed by atoms with Crippen molar-refractivity contribution in [2.45, 2.75) is 32.9 Å². The van der Waals surface area contributed by atoms with Crippen molar-refractivity contribution in [1.82, 2.24) is 15.1 Å². The van der Waals surface area contributed by atoms with Gasteiger partial charge in [-0.2, -0.15) is 5.10 Å². The highest BCUT2D eigenvalue weighted by molar-refractivity contribution is 5.75. The lowest BCUT2D eigenvalue weighted by Crippen LogP contribution is -2.36. The average Bonchev–Trinajstić information content (AvgIpc) is 3.28. The van der Waals surface area contributed by atoms with E-state index in [4.69, 9.17) is 4.74 Å². The minimum absolute atomic E-state index is 0.116. The van der Waals surface area contributed by atoms with Crippen molar-refractivity contribution in [3.05, 3.63) is 71.1 Å². The summed E-state index contributed by atoms with van der Waals surface area (Å²) in [7, 11) is 0. The zero-order valence-corrected chi connectivity index (χ0v) is 16.2. The van der Waals surface area contributed by atoms with E-state index in [0.29, 0.717) is 28.7 Å². The van der Waals surface area contributed by atoms with E-state index in [1.807, 2.05) is 19.1 Å². The Morgan fingerprint density at radius 2 is 1.97 bits per heavy atom. The van der Waals surface area contributed by atoms with Gasteiger partial charge in [-0.05, 0) is 54.8 Å². The topological polar surface area (TPSA) is 56.2 Å². The first-order chi connectivity index (χ1) is 13.9. The molecule has 3 aromatic rings. The summed E-state index contributed by atoms with van der Waals surface area (Å²) in [6.07, 6.45) is 1.85. The summed E-state index contributed by atoms with van der Waals surface area (Å²) in [4.78, 5) is 12.1. The molecule has 0 radical (unpaired) electrons. The molecule has 0 fully saturated rings. The number of rotatable bonds is 5. The van der Waals surface area contributed by atoms with Crippen LogP contribution in [0.4, 0.5) is 8.78 Å². The molecule has 1 aromatic heterocycles. The molecule has 1 N–H and O–H groups in total. The molecule has 1 amide bonds. The van der Waals surface area contributed by atoms with E-state index in [9.17, 15) is 13.6 Å². The smallest absolute Gasteiger partial charge is 0.241 e. The molecule has 2 aromatic carbocycles. The highest BCUT2D eigenvalue weighted by Crippen LogP contribution is 2.36.